The molecule has 0 N–H and O–H groups in total. The van der Waals surface area contributed by atoms with E-state index >= 15 is 0 Å². The third-order valence-electron chi connectivity index (χ3n) is 7.23. The largest absolute Gasteiger partial charge is 0.490 e. The highest BCUT2D eigenvalue weighted by atomic mass is 19.2. The Kier molecular flexibility index (Phi) is 9.65. The maximum absolute atomic E-state index is 14.9. The molecular weight excluding hydrogens is 511 g/mol. The maximum Gasteiger partial charge on any atom is 0.204 e. The second-order valence-electron chi connectivity index (χ2n) is 9.99. The van der Waals surface area contributed by atoms with Crippen LogP contribution in [-0.4, -0.2) is 6.61 Å². The monoisotopic (exact) mass is 544 g/mol. The predicted octanol–water partition coefficient (Wildman–Crippen LogP) is 9.58. The molecule has 0 aromatic heterocycles. The molecule has 0 heterocycles. The second kappa shape index (κ2) is 13.1. The van der Waals surface area contributed by atoms with Crippen molar-refractivity contribution >= 4 is 5.57 Å². The zero-order valence-corrected chi connectivity index (χ0v) is 22.3. The van der Waals surface area contributed by atoms with E-state index in [2.05, 4.69) is 6.92 Å². The van der Waals surface area contributed by atoms with Crippen molar-refractivity contribution in [2.24, 2.45) is 0 Å². The topological polar surface area (TPSA) is 18.5 Å². The first kappa shape index (κ1) is 28.7. The SMILES string of the molecule is CCCCCCOc1ccc(OCc2ccc(C3=CCC(c4ccc(C)c(F)c4F)CC3)cc2F)c(F)c1F. The predicted molar refractivity (Wildman–Crippen MR) is 142 cm³/mol. The summed E-state index contributed by atoms with van der Waals surface area (Å²) in [7, 11) is 0. The van der Waals surface area contributed by atoms with Crippen LogP contribution >= 0.6 is 0 Å². The molecule has 2 nitrogen and oxygen atoms in total. The summed E-state index contributed by atoms with van der Waals surface area (Å²) in [6.45, 7) is 3.63. The van der Waals surface area contributed by atoms with E-state index in [0.717, 1.165) is 31.3 Å². The van der Waals surface area contributed by atoms with Gasteiger partial charge < -0.3 is 9.47 Å². The molecule has 7 heteroatoms. The molecule has 0 saturated carbocycles. The van der Waals surface area contributed by atoms with Gasteiger partial charge in [0.2, 0.25) is 11.6 Å². The lowest BCUT2D eigenvalue weighted by Gasteiger charge is -2.23. The fourth-order valence-corrected chi connectivity index (χ4v) is 4.82. The van der Waals surface area contributed by atoms with Crippen LogP contribution in [-0.2, 0) is 6.61 Å². The van der Waals surface area contributed by atoms with Crippen LogP contribution < -0.4 is 9.47 Å². The standard InChI is InChI=1S/C32H33F5O2/c1-3-4-5-6-17-38-27-15-16-28(32(37)31(27)36)39-19-24-13-12-23(18-26(24)33)21-8-10-22(11-9-21)25-14-7-20(2)29(34)30(25)35/h7-8,12-16,18,22H,3-6,9-11,17,19H2,1-2H3. The van der Waals surface area contributed by atoms with Crippen LogP contribution in [0.3, 0.4) is 0 Å². The summed E-state index contributed by atoms with van der Waals surface area (Å²) >= 11 is 0. The van der Waals surface area contributed by atoms with E-state index in [0.29, 0.717) is 37.0 Å². The Hall–Kier alpha value is -3.35. The molecule has 0 fully saturated rings. The molecule has 1 aliphatic rings. The number of hydrogen-bond donors (Lipinski definition) is 0. The number of unbranched alkanes of at least 4 members (excludes halogenated alkanes) is 3. The van der Waals surface area contributed by atoms with Gasteiger partial charge in [-0.05, 0) is 79.0 Å². The summed E-state index contributed by atoms with van der Waals surface area (Å²) in [6.07, 6.45) is 7.49. The summed E-state index contributed by atoms with van der Waals surface area (Å²) in [5.74, 6) is -5.09. The lowest BCUT2D eigenvalue weighted by Crippen LogP contribution is -2.08. The molecular formula is C32H33F5O2. The minimum Gasteiger partial charge on any atom is -0.490 e. The average molecular weight is 545 g/mol. The average Bonchev–Trinajstić information content (AvgIpc) is 2.94. The lowest BCUT2D eigenvalue weighted by atomic mass is 9.82. The molecule has 208 valence electrons. The van der Waals surface area contributed by atoms with Crippen molar-refractivity contribution in [2.45, 2.75) is 71.3 Å². The Bertz CT molecular complexity index is 1330. The van der Waals surface area contributed by atoms with Crippen LogP contribution in [0.5, 0.6) is 11.5 Å². The van der Waals surface area contributed by atoms with E-state index in [9.17, 15) is 22.0 Å². The zero-order chi connectivity index (χ0) is 27.9. The van der Waals surface area contributed by atoms with Crippen molar-refractivity contribution in [2.75, 3.05) is 6.61 Å². The molecule has 39 heavy (non-hydrogen) atoms. The first-order chi connectivity index (χ1) is 18.8. The summed E-state index contributed by atoms with van der Waals surface area (Å²) in [6, 6.07) is 10.5. The number of aryl methyl sites for hydroxylation is 1. The van der Waals surface area contributed by atoms with Gasteiger partial charge in [0.05, 0.1) is 6.61 Å². The normalized spacial score (nSPS) is 15.3. The number of halogens is 5. The van der Waals surface area contributed by atoms with E-state index in [1.165, 1.54) is 25.1 Å². The Labute approximate surface area is 226 Å². The molecule has 1 unspecified atom stereocenters. The van der Waals surface area contributed by atoms with E-state index in [-0.39, 0.29) is 35.2 Å². The summed E-state index contributed by atoms with van der Waals surface area (Å²) in [5, 5.41) is 0. The van der Waals surface area contributed by atoms with E-state index in [1.807, 2.05) is 6.08 Å². The first-order valence-electron chi connectivity index (χ1n) is 13.5. The van der Waals surface area contributed by atoms with Crippen molar-refractivity contribution < 1.29 is 31.4 Å². The minimum atomic E-state index is -1.18. The highest BCUT2D eigenvalue weighted by Crippen LogP contribution is 2.38. The molecule has 0 spiro atoms. The second-order valence-corrected chi connectivity index (χ2v) is 9.99. The summed E-state index contributed by atoms with van der Waals surface area (Å²) in [4.78, 5) is 0. The van der Waals surface area contributed by atoms with Gasteiger partial charge in [-0.25, -0.2) is 13.2 Å². The van der Waals surface area contributed by atoms with Gasteiger partial charge in [-0.15, -0.1) is 0 Å². The van der Waals surface area contributed by atoms with Crippen LogP contribution in [0, 0.1) is 36.0 Å². The molecule has 3 aromatic rings. The van der Waals surface area contributed by atoms with Crippen LogP contribution in [0.1, 0.15) is 80.0 Å². The van der Waals surface area contributed by atoms with Crippen molar-refractivity contribution in [3.63, 3.8) is 0 Å². The van der Waals surface area contributed by atoms with E-state index in [1.54, 1.807) is 24.3 Å². The third kappa shape index (κ3) is 6.81. The van der Waals surface area contributed by atoms with Gasteiger partial charge in [0.15, 0.2) is 23.1 Å². The van der Waals surface area contributed by atoms with Gasteiger partial charge >= 0.3 is 0 Å². The van der Waals surface area contributed by atoms with Crippen molar-refractivity contribution in [1.82, 2.24) is 0 Å². The van der Waals surface area contributed by atoms with Crippen LogP contribution in [0.2, 0.25) is 0 Å². The number of allylic oxidation sites excluding steroid dienone is 2. The van der Waals surface area contributed by atoms with Crippen molar-refractivity contribution in [3.05, 3.63) is 99.9 Å². The quantitative estimate of drug-likeness (QED) is 0.177. The Balaban J connectivity index is 1.36. The van der Waals surface area contributed by atoms with Gasteiger partial charge in [-0.1, -0.05) is 56.5 Å². The smallest absolute Gasteiger partial charge is 0.204 e. The fraction of sp³-hybridized carbons (Fsp3) is 0.375. The Morgan fingerprint density at radius 2 is 1.54 bits per heavy atom. The minimum absolute atomic E-state index is 0.144. The molecule has 3 aromatic carbocycles. The highest BCUT2D eigenvalue weighted by molar-refractivity contribution is 5.67. The van der Waals surface area contributed by atoms with Gasteiger partial charge in [0.1, 0.15) is 12.4 Å². The van der Waals surface area contributed by atoms with Gasteiger partial charge in [-0.2, -0.15) is 8.78 Å². The summed E-state index contributed by atoms with van der Waals surface area (Å²) in [5.41, 5.74) is 2.44. The van der Waals surface area contributed by atoms with Gasteiger partial charge in [-0.3, -0.25) is 0 Å². The fourth-order valence-electron chi connectivity index (χ4n) is 4.82. The van der Waals surface area contributed by atoms with Gasteiger partial charge in [0, 0.05) is 5.56 Å². The van der Waals surface area contributed by atoms with Crippen molar-refractivity contribution in [1.29, 1.82) is 0 Å². The summed E-state index contributed by atoms with van der Waals surface area (Å²) < 4.78 is 82.9. The molecule has 1 aliphatic carbocycles. The van der Waals surface area contributed by atoms with Crippen LogP contribution in [0.4, 0.5) is 22.0 Å². The number of benzene rings is 3. The highest BCUT2D eigenvalue weighted by Gasteiger charge is 2.23. The molecule has 0 radical (unpaired) electrons. The molecule has 0 amide bonds. The molecule has 0 aliphatic heterocycles. The number of rotatable bonds is 11. The van der Waals surface area contributed by atoms with Gasteiger partial charge in [0.25, 0.3) is 0 Å². The van der Waals surface area contributed by atoms with E-state index < -0.39 is 29.1 Å². The Morgan fingerprint density at radius 3 is 2.21 bits per heavy atom. The van der Waals surface area contributed by atoms with Crippen LogP contribution in [0.25, 0.3) is 5.57 Å². The maximum atomic E-state index is 14.9. The Morgan fingerprint density at radius 1 is 0.795 bits per heavy atom. The molecule has 0 bridgehead atoms. The molecule has 1 atom stereocenters. The lowest BCUT2D eigenvalue weighted by molar-refractivity contribution is 0.263. The van der Waals surface area contributed by atoms with Crippen LogP contribution in [0.15, 0.2) is 48.5 Å². The number of ether oxygens (including phenoxy) is 2. The molecule has 0 saturated heterocycles. The first-order valence-corrected chi connectivity index (χ1v) is 13.5. The van der Waals surface area contributed by atoms with Crippen molar-refractivity contribution in [3.8, 4) is 11.5 Å². The number of hydrogen-bond acceptors (Lipinski definition) is 2. The zero-order valence-electron chi connectivity index (χ0n) is 22.3. The van der Waals surface area contributed by atoms with E-state index in [4.69, 9.17) is 9.47 Å². The molecule has 4 rings (SSSR count). The third-order valence-corrected chi connectivity index (χ3v) is 7.23.